The molecule has 0 radical (unpaired) electrons. The van der Waals surface area contributed by atoms with Crippen LogP contribution in [0.4, 0.5) is 5.69 Å². The van der Waals surface area contributed by atoms with Crippen LogP contribution < -0.4 is 10.6 Å². The van der Waals surface area contributed by atoms with Gasteiger partial charge in [0.25, 0.3) is 5.91 Å². The average molecular weight is 248 g/mol. The molecule has 3 nitrogen and oxygen atoms in total. The van der Waals surface area contributed by atoms with Crippen LogP contribution in [0.1, 0.15) is 43.6 Å². The summed E-state index contributed by atoms with van der Waals surface area (Å²) >= 11 is 0. The molecule has 0 bridgehead atoms. The van der Waals surface area contributed by atoms with Crippen molar-refractivity contribution in [2.75, 3.05) is 18.4 Å². The number of nitrogens with one attached hydrogen (secondary N) is 2. The summed E-state index contributed by atoms with van der Waals surface area (Å²) in [6, 6.07) is 5.77. The highest BCUT2D eigenvalue weighted by Crippen LogP contribution is 2.20. The lowest BCUT2D eigenvalue weighted by Crippen LogP contribution is -2.23. The Hall–Kier alpha value is -1.51. The van der Waals surface area contributed by atoms with E-state index in [9.17, 15) is 4.79 Å². The molecule has 1 aromatic carbocycles. The Bertz CT molecular complexity index is 419. The average Bonchev–Trinajstić information content (AvgIpc) is 2.26. The molecule has 0 unspecified atom stereocenters. The summed E-state index contributed by atoms with van der Waals surface area (Å²) < 4.78 is 0. The van der Waals surface area contributed by atoms with Crippen LogP contribution in [0.2, 0.25) is 0 Å². The first-order valence-electron chi connectivity index (χ1n) is 6.46. The third-order valence-electron chi connectivity index (χ3n) is 2.64. The second kappa shape index (κ2) is 5.89. The highest BCUT2D eigenvalue weighted by atomic mass is 16.1. The molecular formula is C15H24N2O. The molecule has 1 aromatic rings. The number of carbonyl (C=O) groups is 1. The quantitative estimate of drug-likeness (QED) is 0.859. The summed E-state index contributed by atoms with van der Waals surface area (Å²) in [5.41, 5.74) is 3.15. The molecule has 1 rings (SSSR count). The van der Waals surface area contributed by atoms with Gasteiger partial charge in [-0.25, -0.2) is 0 Å². The first-order chi connectivity index (χ1) is 8.33. The lowest BCUT2D eigenvalue weighted by molar-refractivity contribution is 0.0956. The van der Waals surface area contributed by atoms with E-state index in [-0.39, 0.29) is 11.3 Å². The van der Waals surface area contributed by atoms with Crippen molar-refractivity contribution in [1.82, 2.24) is 5.32 Å². The number of anilines is 1. The highest BCUT2D eigenvalue weighted by molar-refractivity contribution is 5.94. The van der Waals surface area contributed by atoms with E-state index in [1.165, 1.54) is 0 Å². The van der Waals surface area contributed by atoms with Crippen LogP contribution in [0.25, 0.3) is 0 Å². The topological polar surface area (TPSA) is 41.1 Å². The summed E-state index contributed by atoms with van der Waals surface area (Å²) in [5.74, 6) is -0.0111. The van der Waals surface area contributed by atoms with Gasteiger partial charge in [0.05, 0.1) is 0 Å². The minimum absolute atomic E-state index is 0.0111. The minimum atomic E-state index is -0.0111. The molecule has 1 amide bonds. The fraction of sp³-hybridized carbons (Fsp3) is 0.533. The molecule has 0 aliphatic rings. The Labute approximate surface area is 110 Å². The van der Waals surface area contributed by atoms with E-state index >= 15 is 0 Å². The molecule has 0 heterocycles. The van der Waals surface area contributed by atoms with Gasteiger partial charge in [-0.2, -0.15) is 0 Å². The van der Waals surface area contributed by atoms with Gasteiger partial charge in [0, 0.05) is 24.3 Å². The van der Waals surface area contributed by atoms with Gasteiger partial charge in [-0.15, -0.1) is 0 Å². The maximum absolute atomic E-state index is 11.7. The normalized spacial score (nSPS) is 11.2. The number of carbonyl (C=O) groups excluding carboxylic acids is 1. The Morgan fingerprint density at radius 1 is 1.28 bits per heavy atom. The lowest BCUT2D eigenvalue weighted by atomic mass is 9.96. The molecular weight excluding hydrogens is 224 g/mol. The molecule has 18 heavy (non-hydrogen) atoms. The fourth-order valence-corrected chi connectivity index (χ4v) is 1.63. The third-order valence-corrected chi connectivity index (χ3v) is 2.64. The summed E-state index contributed by atoms with van der Waals surface area (Å²) in [5, 5.41) is 6.22. The molecule has 0 aliphatic heterocycles. The molecule has 2 N–H and O–H groups in total. The molecule has 0 saturated heterocycles. The number of hydrogen-bond donors (Lipinski definition) is 2. The van der Waals surface area contributed by atoms with Crippen molar-refractivity contribution < 1.29 is 4.79 Å². The first-order valence-corrected chi connectivity index (χ1v) is 6.46. The summed E-state index contributed by atoms with van der Waals surface area (Å²) in [6.07, 6.45) is 0. The summed E-state index contributed by atoms with van der Waals surface area (Å²) in [7, 11) is 0. The number of aryl methyl sites for hydroxylation is 1. The first kappa shape index (κ1) is 14.6. The number of hydrogen-bond acceptors (Lipinski definition) is 2. The van der Waals surface area contributed by atoms with Gasteiger partial charge in [-0.05, 0) is 43.0 Å². The summed E-state index contributed by atoms with van der Waals surface area (Å²) in [6.45, 7) is 12.1. The van der Waals surface area contributed by atoms with Crippen LogP contribution in [0.15, 0.2) is 18.2 Å². The van der Waals surface area contributed by atoms with Gasteiger partial charge in [-0.1, -0.05) is 20.8 Å². The zero-order chi connectivity index (χ0) is 13.8. The SMILES string of the molecule is CCNC(=O)c1ccc(NCC(C)(C)C)c(C)c1. The maximum atomic E-state index is 11.7. The van der Waals surface area contributed by atoms with Gasteiger partial charge in [0.2, 0.25) is 0 Å². The fourth-order valence-electron chi connectivity index (χ4n) is 1.63. The van der Waals surface area contributed by atoms with Crippen LogP contribution in [-0.2, 0) is 0 Å². The standard InChI is InChI=1S/C15H24N2O/c1-6-16-14(18)12-7-8-13(11(2)9-12)17-10-15(3,4)5/h7-9,17H,6,10H2,1-5H3,(H,16,18). The molecule has 0 aromatic heterocycles. The van der Waals surface area contributed by atoms with Crippen LogP contribution in [0.5, 0.6) is 0 Å². The van der Waals surface area contributed by atoms with Crippen molar-refractivity contribution in [2.24, 2.45) is 5.41 Å². The molecule has 0 atom stereocenters. The second-order valence-corrected chi connectivity index (χ2v) is 5.80. The smallest absolute Gasteiger partial charge is 0.251 e. The minimum Gasteiger partial charge on any atom is -0.384 e. The van der Waals surface area contributed by atoms with Crippen molar-refractivity contribution in [1.29, 1.82) is 0 Å². The zero-order valence-corrected chi connectivity index (χ0v) is 12.1. The second-order valence-electron chi connectivity index (χ2n) is 5.80. The van der Waals surface area contributed by atoms with Crippen LogP contribution in [0.3, 0.4) is 0 Å². The molecule has 0 saturated carbocycles. The number of benzene rings is 1. The van der Waals surface area contributed by atoms with Gasteiger partial charge < -0.3 is 10.6 Å². The van der Waals surface area contributed by atoms with E-state index < -0.39 is 0 Å². The van der Waals surface area contributed by atoms with Crippen molar-refractivity contribution in [3.63, 3.8) is 0 Å². The van der Waals surface area contributed by atoms with E-state index in [1.54, 1.807) is 0 Å². The molecule has 3 heteroatoms. The van der Waals surface area contributed by atoms with Crippen LogP contribution in [-0.4, -0.2) is 19.0 Å². The van der Waals surface area contributed by atoms with Crippen molar-refractivity contribution >= 4 is 11.6 Å². The van der Waals surface area contributed by atoms with Crippen molar-refractivity contribution in [3.05, 3.63) is 29.3 Å². The van der Waals surface area contributed by atoms with Gasteiger partial charge in [0.15, 0.2) is 0 Å². The zero-order valence-electron chi connectivity index (χ0n) is 12.1. The third kappa shape index (κ3) is 4.40. The lowest BCUT2D eigenvalue weighted by Gasteiger charge is -2.20. The van der Waals surface area contributed by atoms with E-state index in [0.29, 0.717) is 6.54 Å². The van der Waals surface area contributed by atoms with E-state index in [1.807, 2.05) is 32.0 Å². The van der Waals surface area contributed by atoms with Gasteiger partial charge in [-0.3, -0.25) is 4.79 Å². The Balaban J connectivity index is 2.77. The number of amides is 1. The molecule has 0 spiro atoms. The van der Waals surface area contributed by atoms with Gasteiger partial charge in [0.1, 0.15) is 0 Å². The molecule has 100 valence electrons. The van der Waals surface area contributed by atoms with Crippen LogP contribution in [0, 0.1) is 12.3 Å². The van der Waals surface area contributed by atoms with Gasteiger partial charge >= 0.3 is 0 Å². The predicted molar refractivity (Wildman–Crippen MR) is 77.1 cm³/mol. The predicted octanol–water partition coefficient (Wildman–Crippen LogP) is 3.20. The molecule has 0 fully saturated rings. The van der Waals surface area contributed by atoms with E-state index in [0.717, 1.165) is 23.4 Å². The Morgan fingerprint density at radius 2 is 1.94 bits per heavy atom. The Morgan fingerprint density at radius 3 is 2.44 bits per heavy atom. The van der Waals surface area contributed by atoms with Crippen molar-refractivity contribution in [2.45, 2.75) is 34.6 Å². The van der Waals surface area contributed by atoms with Crippen molar-refractivity contribution in [3.8, 4) is 0 Å². The molecule has 0 aliphatic carbocycles. The van der Waals surface area contributed by atoms with Crippen LogP contribution >= 0.6 is 0 Å². The van der Waals surface area contributed by atoms with E-state index in [2.05, 4.69) is 31.4 Å². The highest BCUT2D eigenvalue weighted by Gasteiger charge is 2.11. The summed E-state index contributed by atoms with van der Waals surface area (Å²) in [4.78, 5) is 11.7. The van der Waals surface area contributed by atoms with E-state index in [4.69, 9.17) is 0 Å². The Kier molecular flexibility index (Phi) is 4.76. The number of rotatable bonds is 4. The monoisotopic (exact) mass is 248 g/mol. The largest absolute Gasteiger partial charge is 0.384 e. The maximum Gasteiger partial charge on any atom is 0.251 e.